The lowest BCUT2D eigenvalue weighted by Crippen LogP contribution is -2.30. The van der Waals surface area contributed by atoms with Gasteiger partial charge in [-0.2, -0.15) is 0 Å². The maximum absolute atomic E-state index is 12.2. The van der Waals surface area contributed by atoms with Crippen LogP contribution in [-0.4, -0.2) is 37.8 Å². The Morgan fingerprint density at radius 3 is 2.86 bits per heavy atom. The van der Waals surface area contributed by atoms with Crippen molar-refractivity contribution in [1.82, 2.24) is 5.32 Å². The quantitative estimate of drug-likeness (QED) is 0.640. The summed E-state index contributed by atoms with van der Waals surface area (Å²) < 4.78 is 11.0. The van der Waals surface area contributed by atoms with Gasteiger partial charge in [-0.05, 0) is 67.8 Å². The van der Waals surface area contributed by atoms with E-state index in [2.05, 4.69) is 10.6 Å². The van der Waals surface area contributed by atoms with Gasteiger partial charge in [0.2, 0.25) is 5.91 Å². The van der Waals surface area contributed by atoms with Crippen molar-refractivity contribution in [2.75, 3.05) is 32.1 Å². The van der Waals surface area contributed by atoms with Gasteiger partial charge in [0.1, 0.15) is 5.75 Å². The highest BCUT2D eigenvalue weighted by atomic mass is 16.5. The molecule has 1 fully saturated rings. The minimum atomic E-state index is -0.248. The lowest BCUT2D eigenvalue weighted by molar-refractivity contribution is -0.111. The van der Waals surface area contributed by atoms with Crippen molar-refractivity contribution in [2.24, 2.45) is 5.92 Å². The van der Waals surface area contributed by atoms with Gasteiger partial charge in [0.25, 0.3) is 0 Å². The number of methoxy groups -OCH3 is 1. The molecule has 0 spiro atoms. The van der Waals surface area contributed by atoms with Gasteiger partial charge in [-0.3, -0.25) is 4.79 Å². The largest absolute Gasteiger partial charge is 0.504 e. The van der Waals surface area contributed by atoms with Crippen LogP contribution in [0.5, 0.6) is 17.2 Å². The molecule has 1 heterocycles. The number of carbonyl (C=O) groups is 1. The summed E-state index contributed by atoms with van der Waals surface area (Å²) in [7, 11) is 1.48. The van der Waals surface area contributed by atoms with Crippen molar-refractivity contribution in [3.8, 4) is 17.2 Å². The van der Waals surface area contributed by atoms with Crippen LogP contribution in [0, 0.1) is 5.92 Å². The molecule has 3 rings (SSSR count). The summed E-state index contributed by atoms with van der Waals surface area (Å²) in [6.45, 7) is 2.79. The summed E-state index contributed by atoms with van der Waals surface area (Å²) >= 11 is 0. The zero-order chi connectivity index (χ0) is 19.8. The number of amides is 1. The first-order chi connectivity index (χ1) is 13.6. The first-order valence-corrected chi connectivity index (χ1v) is 9.43. The van der Waals surface area contributed by atoms with Crippen molar-refractivity contribution in [2.45, 2.75) is 12.8 Å². The van der Waals surface area contributed by atoms with E-state index in [1.165, 1.54) is 19.3 Å². The van der Waals surface area contributed by atoms with Crippen LogP contribution in [0.3, 0.4) is 0 Å². The molecule has 148 valence electrons. The monoisotopic (exact) mass is 382 g/mol. The topological polar surface area (TPSA) is 79.8 Å². The molecular formula is C22H26N2O4. The van der Waals surface area contributed by atoms with Crippen molar-refractivity contribution < 1.29 is 19.4 Å². The summed E-state index contributed by atoms with van der Waals surface area (Å²) in [5, 5.41) is 15.8. The molecule has 3 N–H and O–H groups in total. The van der Waals surface area contributed by atoms with Gasteiger partial charge in [0, 0.05) is 17.8 Å². The van der Waals surface area contributed by atoms with Gasteiger partial charge in [0.15, 0.2) is 11.5 Å². The Kier molecular flexibility index (Phi) is 6.92. The molecule has 0 aliphatic carbocycles. The second-order valence-corrected chi connectivity index (χ2v) is 6.79. The van der Waals surface area contributed by atoms with E-state index in [9.17, 15) is 9.90 Å². The van der Waals surface area contributed by atoms with Crippen LogP contribution in [0.25, 0.3) is 6.08 Å². The Bertz CT molecular complexity index is 829. The number of hydrogen-bond donors (Lipinski definition) is 3. The van der Waals surface area contributed by atoms with E-state index < -0.39 is 0 Å². The van der Waals surface area contributed by atoms with E-state index in [0.717, 1.165) is 37.2 Å². The summed E-state index contributed by atoms with van der Waals surface area (Å²) in [6.07, 6.45) is 5.36. The molecule has 0 atom stereocenters. The Hall–Kier alpha value is -2.99. The predicted octanol–water partition coefficient (Wildman–Crippen LogP) is 3.43. The summed E-state index contributed by atoms with van der Waals surface area (Å²) in [4.78, 5) is 12.2. The third kappa shape index (κ3) is 5.76. The molecule has 1 saturated heterocycles. The maximum Gasteiger partial charge on any atom is 0.248 e. The molecule has 1 amide bonds. The molecule has 28 heavy (non-hydrogen) atoms. The first-order valence-electron chi connectivity index (χ1n) is 9.43. The van der Waals surface area contributed by atoms with Gasteiger partial charge >= 0.3 is 0 Å². The molecule has 1 aliphatic heterocycles. The average Bonchev–Trinajstić information content (AvgIpc) is 2.73. The molecule has 2 aromatic carbocycles. The van der Waals surface area contributed by atoms with Gasteiger partial charge in [-0.25, -0.2) is 0 Å². The fourth-order valence-electron chi connectivity index (χ4n) is 3.08. The molecular weight excluding hydrogens is 356 g/mol. The Morgan fingerprint density at radius 2 is 2.07 bits per heavy atom. The van der Waals surface area contributed by atoms with E-state index in [4.69, 9.17) is 9.47 Å². The number of phenolic OH excluding ortho intramolecular Hbond substituents is 1. The number of hydrogen-bond acceptors (Lipinski definition) is 5. The number of ether oxygens (including phenoxy) is 2. The number of nitrogens with one attached hydrogen (secondary N) is 2. The zero-order valence-electron chi connectivity index (χ0n) is 16.0. The first kappa shape index (κ1) is 19.8. The smallest absolute Gasteiger partial charge is 0.248 e. The van der Waals surface area contributed by atoms with Gasteiger partial charge in [-0.15, -0.1) is 0 Å². The Labute approximate surface area is 165 Å². The Balaban J connectivity index is 1.54. The standard InChI is InChI=1S/C22H26N2O4/c1-27-21-13-16(5-7-20(21)25)6-8-22(26)24-18-3-2-4-19(14-18)28-15-17-9-11-23-12-10-17/h2-8,13-14,17,23,25H,9-12,15H2,1H3,(H,24,26). The number of rotatable bonds is 7. The number of anilines is 1. The Morgan fingerprint density at radius 1 is 1.25 bits per heavy atom. The minimum absolute atomic E-state index is 0.0606. The highest BCUT2D eigenvalue weighted by Crippen LogP contribution is 2.26. The van der Waals surface area contributed by atoms with Crippen molar-refractivity contribution in [3.63, 3.8) is 0 Å². The summed E-state index contributed by atoms with van der Waals surface area (Å²) in [5.74, 6) is 1.50. The third-order valence-electron chi connectivity index (χ3n) is 4.68. The van der Waals surface area contributed by atoms with E-state index in [1.807, 2.05) is 24.3 Å². The number of piperidine rings is 1. The van der Waals surface area contributed by atoms with E-state index in [-0.39, 0.29) is 11.7 Å². The van der Waals surface area contributed by atoms with Crippen molar-refractivity contribution in [1.29, 1.82) is 0 Å². The molecule has 2 aromatic rings. The lowest BCUT2D eigenvalue weighted by atomic mass is 9.99. The molecule has 0 aromatic heterocycles. The molecule has 0 unspecified atom stereocenters. The van der Waals surface area contributed by atoms with E-state index >= 15 is 0 Å². The minimum Gasteiger partial charge on any atom is -0.504 e. The molecule has 1 aliphatic rings. The van der Waals surface area contributed by atoms with Crippen molar-refractivity contribution in [3.05, 3.63) is 54.1 Å². The molecule has 0 saturated carbocycles. The SMILES string of the molecule is COc1cc(C=CC(=O)Nc2cccc(OCC3CCNCC3)c2)ccc1O. The maximum atomic E-state index is 12.2. The van der Waals surface area contributed by atoms with E-state index in [1.54, 1.807) is 18.2 Å². The van der Waals surface area contributed by atoms with Gasteiger partial charge < -0.3 is 25.2 Å². The summed E-state index contributed by atoms with van der Waals surface area (Å²) in [6, 6.07) is 12.3. The number of aromatic hydroxyl groups is 1. The summed E-state index contributed by atoms with van der Waals surface area (Å²) in [5.41, 5.74) is 1.43. The van der Waals surface area contributed by atoms with Crippen molar-refractivity contribution >= 4 is 17.7 Å². The zero-order valence-corrected chi connectivity index (χ0v) is 16.0. The third-order valence-corrected chi connectivity index (χ3v) is 4.68. The van der Waals surface area contributed by atoms with Gasteiger partial charge in [-0.1, -0.05) is 12.1 Å². The normalized spacial score (nSPS) is 14.8. The van der Waals surface area contributed by atoms with Crippen LogP contribution in [0.4, 0.5) is 5.69 Å². The second-order valence-electron chi connectivity index (χ2n) is 6.79. The van der Waals surface area contributed by atoms with Crippen LogP contribution < -0.4 is 20.1 Å². The molecule has 0 radical (unpaired) electrons. The van der Waals surface area contributed by atoms with Crippen LogP contribution in [0.1, 0.15) is 18.4 Å². The predicted molar refractivity (Wildman–Crippen MR) is 110 cm³/mol. The fraction of sp³-hybridized carbons (Fsp3) is 0.318. The van der Waals surface area contributed by atoms with E-state index in [0.29, 0.717) is 24.0 Å². The lowest BCUT2D eigenvalue weighted by Gasteiger charge is -2.22. The van der Waals surface area contributed by atoms with Gasteiger partial charge in [0.05, 0.1) is 13.7 Å². The fourth-order valence-corrected chi connectivity index (χ4v) is 3.08. The van der Waals surface area contributed by atoms with Crippen LogP contribution >= 0.6 is 0 Å². The number of benzene rings is 2. The molecule has 0 bridgehead atoms. The number of carbonyl (C=O) groups excluding carboxylic acids is 1. The molecule has 6 nitrogen and oxygen atoms in total. The second kappa shape index (κ2) is 9.80. The van der Waals surface area contributed by atoms with Crippen LogP contribution in [-0.2, 0) is 4.79 Å². The van der Waals surface area contributed by atoms with Crippen LogP contribution in [0.15, 0.2) is 48.5 Å². The average molecular weight is 382 g/mol. The highest BCUT2D eigenvalue weighted by Gasteiger charge is 2.13. The number of phenols is 1. The van der Waals surface area contributed by atoms with Crippen LogP contribution in [0.2, 0.25) is 0 Å². The highest BCUT2D eigenvalue weighted by molar-refractivity contribution is 6.02. The molecule has 6 heteroatoms.